The molecule has 1 aromatic carbocycles. The molecule has 1 aliphatic carbocycles. The van der Waals surface area contributed by atoms with E-state index in [1.807, 2.05) is 31.7 Å². The first-order valence-electron chi connectivity index (χ1n) is 15.6. The van der Waals surface area contributed by atoms with Crippen molar-refractivity contribution < 1.29 is 23.9 Å². The van der Waals surface area contributed by atoms with Gasteiger partial charge in [0.15, 0.2) is 0 Å². The van der Waals surface area contributed by atoms with Crippen molar-refractivity contribution in [1.82, 2.24) is 20.0 Å². The minimum atomic E-state index is -0.713. The van der Waals surface area contributed by atoms with Gasteiger partial charge in [-0.3, -0.25) is 14.5 Å². The van der Waals surface area contributed by atoms with Gasteiger partial charge in [-0.15, -0.1) is 0 Å². The number of carbonyl (C=O) groups excluding carboxylic acids is 3. The third-order valence-corrected chi connectivity index (χ3v) is 9.89. The van der Waals surface area contributed by atoms with Gasteiger partial charge in [0.25, 0.3) is 0 Å². The van der Waals surface area contributed by atoms with Crippen LogP contribution in [-0.2, 0) is 19.1 Å². The molecule has 3 amide bonds. The van der Waals surface area contributed by atoms with Gasteiger partial charge in [0.2, 0.25) is 11.8 Å². The number of nitrogens with one attached hydrogen (secondary N) is 1. The number of morpholine rings is 1. The second-order valence-electron chi connectivity index (χ2n) is 13.8. The van der Waals surface area contributed by atoms with Crippen LogP contribution < -0.4 is 5.32 Å². The predicted molar refractivity (Wildman–Crippen MR) is 154 cm³/mol. The van der Waals surface area contributed by atoms with Gasteiger partial charge in [0.1, 0.15) is 17.7 Å². The Hall–Kier alpha value is -2.65. The van der Waals surface area contributed by atoms with Gasteiger partial charge in [-0.1, -0.05) is 30.3 Å². The molecule has 5 aliphatic rings. The van der Waals surface area contributed by atoms with E-state index in [4.69, 9.17) is 9.47 Å². The fourth-order valence-corrected chi connectivity index (χ4v) is 7.76. The number of fused-ring (bicyclic) bond motifs is 1. The zero-order valence-corrected chi connectivity index (χ0v) is 24.8. The minimum Gasteiger partial charge on any atom is -0.444 e. The molecule has 224 valence electrons. The fraction of sp³-hybridized carbons (Fsp3) is 0.719. The average Bonchev–Trinajstić information content (AvgIpc) is 3.43. The maximum Gasteiger partial charge on any atom is 0.408 e. The van der Waals surface area contributed by atoms with Crippen molar-refractivity contribution in [2.75, 3.05) is 32.8 Å². The van der Waals surface area contributed by atoms with Crippen molar-refractivity contribution >= 4 is 17.9 Å². The van der Waals surface area contributed by atoms with E-state index in [9.17, 15) is 14.4 Å². The summed E-state index contributed by atoms with van der Waals surface area (Å²) in [5.74, 6) is 0.284. The minimum absolute atomic E-state index is 0.0183. The van der Waals surface area contributed by atoms with Crippen molar-refractivity contribution in [3.8, 4) is 0 Å². The molecule has 0 bridgehead atoms. The summed E-state index contributed by atoms with van der Waals surface area (Å²) < 4.78 is 11.1. The van der Waals surface area contributed by atoms with Crippen molar-refractivity contribution in [3.05, 3.63) is 35.9 Å². The van der Waals surface area contributed by atoms with Crippen LogP contribution >= 0.6 is 0 Å². The van der Waals surface area contributed by atoms with Crippen LogP contribution in [0.15, 0.2) is 30.3 Å². The van der Waals surface area contributed by atoms with Crippen LogP contribution in [0.1, 0.15) is 83.6 Å². The second kappa shape index (κ2) is 11.2. The monoisotopic (exact) mass is 566 g/mol. The molecule has 1 saturated carbocycles. The molecular formula is C32H46N4O5. The quantitative estimate of drug-likeness (QED) is 0.598. The average molecular weight is 567 g/mol. The Kier molecular flexibility index (Phi) is 7.78. The Morgan fingerprint density at radius 1 is 1.00 bits per heavy atom. The van der Waals surface area contributed by atoms with Crippen LogP contribution in [0.4, 0.5) is 4.79 Å². The summed E-state index contributed by atoms with van der Waals surface area (Å²) in [6.07, 6.45) is 6.15. The van der Waals surface area contributed by atoms with E-state index in [1.54, 1.807) is 0 Å². The lowest BCUT2D eigenvalue weighted by Crippen LogP contribution is -2.59. The van der Waals surface area contributed by atoms with E-state index in [-0.39, 0.29) is 29.4 Å². The predicted octanol–water partition coefficient (Wildman–Crippen LogP) is 3.67. The molecule has 0 unspecified atom stereocenters. The normalized spacial score (nSPS) is 31.9. The number of likely N-dealkylation sites (tertiary alicyclic amines) is 1. The smallest absolute Gasteiger partial charge is 0.408 e. The van der Waals surface area contributed by atoms with E-state index < -0.39 is 23.8 Å². The standard InChI is InChI=1S/C32H46N4O5/c1-31(2,3)41-30(39)33-26-11-9-24(34-15-17-40-18-16-34)19-25-10-12-27(36(25)28(26)37)29(38)35-21-23(20-32(35)13-14-32)22-7-5-4-6-8-22/h4-8,23-27H,9-21H2,1-3H3,(H,33,39)/t23-,24+,25-,26+,27+/m1/s1. The molecule has 9 nitrogen and oxygen atoms in total. The lowest BCUT2D eigenvalue weighted by molar-refractivity contribution is -0.148. The summed E-state index contributed by atoms with van der Waals surface area (Å²) in [6, 6.07) is 9.58. The topological polar surface area (TPSA) is 91.4 Å². The summed E-state index contributed by atoms with van der Waals surface area (Å²) >= 11 is 0. The highest BCUT2D eigenvalue weighted by Crippen LogP contribution is 2.54. The maximum atomic E-state index is 14.4. The highest BCUT2D eigenvalue weighted by Gasteiger charge is 2.58. The number of ether oxygens (including phenoxy) is 2. The summed E-state index contributed by atoms with van der Waals surface area (Å²) in [4.78, 5) is 47.9. The van der Waals surface area contributed by atoms with E-state index in [0.717, 1.165) is 51.6 Å². The van der Waals surface area contributed by atoms with Crippen LogP contribution in [0.25, 0.3) is 0 Å². The van der Waals surface area contributed by atoms with Gasteiger partial charge in [0.05, 0.1) is 13.2 Å². The molecule has 5 atom stereocenters. The van der Waals surface area contributed by atoms with Crippen LogP contribution in [0.2, 0.25) is 0 Å². The third kappa shape index (κ3) is 5.98. The molecule has 9 heteroatoms. The number of hydrogen-bond donors (Lipinski definition) is 1. The maximum absolute atomic E-state index is 14.4. The van der Waals surface area contributed by atoms with E-state index in [2.05, 4.69) is 39.4 Å². The Morgan fingerprint density at radius 3 is 2.39 bits per heavy atom. The molecule has 5 fully saturated rings. The first-order valence-corrected chi connectivity index (χ1v) is 15.6. The molecule has 4 heterocycles. The van der Waals surface area contributed by atoms with E-state index in [0.29, 0.717) is 38.5 Å². The lowest BCUT2D eigenvalue weighted by atomic mass is 9.93. The van der Waals surface area contributed by atoms with Gasteiger partial charge >= 0.3 is 6.09 Å². The van der Waals surface area contributed by atoms with Gasteiger partial charge in [-0.05, 0) is 77.7 Å². The van der Waals surface area contributed by atoms with Crippen molar-refractivity contribution in [2.45, 2.75) is 113 Å². The van der Waals surface area contributed by atoms with Gasteiger partial charge in [-0.2, -0.15) is 0 Å². The zero-order chi connectivity index (χ0) is 28.8. The Balaban J connectivity index is 1.24. The highest BCUT2D eigenvalue weighted by atomic mass is 16.6. The molecule has 41 heavy (non-hydrogen) atoms. The Bertz CT molecular complexity index is 1130. The van der Waals surface area contributed by atoms with Crippen LogP contribution in [0.3, 0.4) is 0 Å². The molecule has 6 rings (SSSR count). The van der Waals surface area contributed by atoms with Crippen LogP contribution in [0, 0.1) is 0 Å². The Labute approximate surface area is 243 Å². The first-order chi connectivity index (χ1) is 19.6. The number of alkyl carbamates (subject to hydrolysis) is 1. The second-order valence-corrected chi connectivity index (χ2v) is 13.8. The number of nitrogens with zero attached hydrogens (tertiary/aromatic N) is 3. The fourth-order valence-electron chi connectivity index (χ4n) is 7.76. The number of hydrogen-bond acceptors (Lipinski definition) is 6. The molecule has 0 radical (unpaired) electrons. The van der Waals surface area contributed by atoms with E-state index in [1.165, 1.54) is 5.56 Å². The van der Waals surface area contributed by atoms with Gasteiger partial charge in [0, 0.05) is 43.2 Å². The molecule has 4 aliphatic heterocycles. The molecule has 1 aromatic rings. The zero-order valence-electron chi connectivity index (χ0n) is 24.8. The largest absolute Gasteiger partial charge is 0.444 e. The summed E-state index contributed by atoms with van der Waals surface area (Å²) in [6.45, 7) is 9.33. The number of rotatable bonds is 4. The van der Waals surface area contributed by atoms with Crippen LogP contribution in [-0.4, -0.2) is 101 Å². The van der Waals surface area contributed by atoms with Crippen molar-refractivity contribution in [2.24, 2.45) is 0 Å². The SMILES string of the molecule is CC(C)(C)OC(=O)N[C@H]1CC[C@H](N2CCOCC2)C[C@H]2CC[C@@H](C(=O)N3C[C@H](c4ccccc4)CC34CC4)N2C1=O. The third-order valence-electron chi connectivity index (χ3n) is 9.89. The van der Waals surface area contributed by atoms with Crippen molar-refractivity contribution in [1.29, 1.82) is 0 Å². The molecule has 4 saturated heterocycles. The van der Waals surface area contributed by atoms with Crippen molar-refractivity contribution in [3.63, 3.8) is 0 Å². The molecular weight excluding hydrogens is 520 g/mol. The summed E-state index contributed by atoms with van der Waals surface area (Å²) in [5.41, 5.74) is 0.561. The lowest BCUT2D eigenvalue weighted by Gasteiger charge is -2.42. The Morgan fingerprint density at radius 2 is 1.71 bits per heavy atom. The molecule has 1 N–H and O–H groups in total. The molecule has 0 aromatic heterocycles. The first kappa shape index (κ1) is 28.5. The van der Waals surface area contributed by atoms with Gasteiger partial charge < -0.3 is 24.6 Å². The number of benzene rings is 1. The van der Waals surface area contributed by atoms with E-state index >= 15 is 0 Å². The summed E-state index contributed by atoms with van der Waals surface area (Å²) in [5, 5.41) is 2.89. The highest BCUT2D eigenvalue weighted by molar-refractivity contribution is 5.93. The van der Waals surface area contributed by atoms with Gasteiger partial charge in [-0.25, -0.2) is 4.79 Å². The number of carbonyl (C=O) groups is 3. The number of amides is 3. The summed E-state index contributed by atoms with van der Waals surface area (Å²) in [7, 11) is 0. The van der Waals surface area contributed by atoms with Crippen LogP contribution in [0.5, 0.6) is 0 Å². The molecule has 1 spiro atoms.